The standard InChI is InChI=1S/C23H30N4O3/c1-5-8-20(28)25-17-10-7-11-18(14-17)26-21(29)15-24-16-9-6-12-19(13-16)27-22(30)23(2,3)4/h6-7,9-14,24H,5,8,15H2,1-4H3,(H,25,28)(H,26,29)(H,27,30). The van der Waals surface area contributed by atoms with E-state index in [-0.39, 0.29) is 24.3 Å². The molecule has 4 N–H and O–H groups in total. The Morgan fingerprint density at radius 3 is 1.83 bits per heavy atom. The molecule has 0 aliphatic heterocycles. The summed E-state index contributed by atoms with van der Waals surface area (Å²) in [6.45, 7) is 7.54. The lowest BCUT2D eigenvalue weighted by molar-refractivity contribution is -0.123. The molecule has 0 heterocycles. The number of hydrogen-bond donors (Lipinski definition) is 4. The van der Waals surface area contributed by atoms with Gasteiger partial charge in [0.25, 0.3) is 0 Å². The van der Waals surface area contributed by atoms with E-state index in [0.717, 1.165) is 12.1 Å². The molecule has 3 amide bonds. The van der Waals surface area contributed by atoms with Gasteiger partial charge in [0.2, 0.25) is 17.7 Å². The van der Waals surface area contributed by atoms with Crippen LogP contribution in [0.4, 0.5) is 22.7 Å². The zero-order valence-electron chi connectivity index (χ0n) is 18.0. The number of hydrogen-bond acceptors (Lipinski definition) is 4. The zero-order chi connectivity index (χ0) is 22.1. The Morgan fingerprint density at radius 1 is 0.767 bits per heavy atom. The van der Waals surface area contributed by atoms with Crippen molar-refractivity contribution in [2.45, 2.75) is 40.5 Å². The van der Waals surface area contributed by atoms with Gasteiger partial charge >= 0.3 is 0 Å². The third-order valence-corrected chi connectivity index (χ3v) is 4.16. The molecule has 0 spiro atoms. The first kappa shape index (κ1) is 22.9. The highest BCUT2D eigenvalue weighted by atomic mass is 16.2. The lowest BCUT2D eigenvalue weighted by Gasteiger charge is -2.18. The summed E-state index contributed by atoms with van der Waals surface area (Å²) in [5.74, 6) is -0.361. The van der Waals surface area contributed by atoms with Gasteiger partial charge in [0.05, 0.1) is 6.54 Å². The molecule has 160 valence electrons. The Hall–Kier alpha value is -3.35. The van der Waals surface area contributed by atoms with Gasteiger partial charge < -0.3 is 21.3 Å². The van der Waals surface area contributed by atoms with Crippen LogP contribution in [0.15, 0.2) is 48.5 Å². The molecule has 0 saturated carbocycles. The van der Waals surface area contributed by atoms with Crippen LogP contribution < -0.4 is 21.3 Å². The summed E-state index contributed by atoms with van der Waals surface area (Å²) in [7, 11) is 0. The van der Waals surface area contributed by atoms with Crippen LogP contribution in [0.2, 0.25) is 0 Å². The molecule has 0 unspecified atom stereocenters. The minimum Gasteiger partial charge on any atom is -0.376 e. The van der Waals surface area contributed by atoms with Crippen LogP contribution in [0, 0.1) is 5.41 Å². The maximum Gasteiger partial charge on any atom is 0.243 e. The molecule has 7 heteroatoms. The van der Waals surface area contributed by atoms with Crippen molar-refractivity contribution >= 4 is 40.5 Å². The summed E-state index contributed by atoms with van der Waals surface area (Å²) in [6, 6.07) is 14.2. The second-order valence-electron chi connectivity index (χ2n) is 8.07. The first-order valence-corrected chi connectivity index (χ1v) is 10.0. The van der Waals surface area contributed by atoms with Crippen molar-refractivity contribution in [1.29, 1.82) is 0 Å². The third kappa shape index (κ3) is 7.58. The van der Waals surface area contributed by atoms with Crippen LogP contribution in [-0.4, -0.2) is 24.3 Å². The maximum absolute atomic E-state index is 12.3. The van der Waals surface area contributed by atoms with Crippen molar-refractivity contribution in [3.63, 3.8) is 0 Å². The van der Waals surface area contributed by atoms with Gasteiger partial charge in [-0.3, -0.25) is 14.4 Å². The molecule has 0 bridgehead atoms. The average Bonchev–Trinajstić information content (AvgIpc) is 2.66. The molecule has 7 nitrogen and oxygen atoms in total. The number of carbonyl (C=O) groups excluding carboxylic acids is 3. The predicted molar refractivity (Wildman–Crippen MR) is 122 cm³/mol. The van der Waals surface area contributed by atoms with E-state index in [4.69, 9.17) is 0 Å². The number of nitrogens with one attached hydrogen (secondary N) is 4. The van der Waals surface area contributed by atoms with E-state index in [1.807, 2.05) is 33.8 Å². The monoisotopic (exact) mass is 410 g/mol. The van der Waals surface area contributed by atoms with Crippen molar-refractivity contribution in [3.8, 4) is 0 Å². The van der Waals surface area contributed by atoms with E-state index in [1.165, 1.54) is 0 Å². The van der Waals surface area contributed by atoms with E-state index in [1.54, 1.807) is 42.5 Å². The Balaban J connectivity index is 1.90. The minimum absolute atomic E-state index is 0.0546. The molecular weight excluding hydrogens is 380 g/mol. The van der Waals surface area contributed by atoms with Crippen LogP contribution in [0.25, 0.3) is 0 Å². The van der Waals surface area contributed by atoms with Crippen LogP contribution >= 0.6 is 0 Å². The SMILES string of the molecule is CCCC(=O)Nc1cccc(NC(=O)CNc2cccc(NC(=O)C(C)(C)C)c2)c1. The quantitative estimate of drug-likeness (QED) is 0.516. The Kier molecular flexibility index (Phi) is 7.98. The molecule has 2 aromatic rings. The van der Waals surface area contributed by atoms with E-state index in [2.05, 4.69) is 21.3 Å². The second-order valence-corrected chi connectivity index (χ2v) is 8.07. The van der Waals surface area contributed by atoms with Crippen molar-refractivity contribution in [2.24, 2.45) is 5.41 Å². The Morgan fingerprint density at radius 2 is 1.27 bits per heavy atom. The number of carbonyl (C=O) groups is 3. The average molecular weight is 411 g/mol. The molecule has 0 saturated heterocycles. The molecule has 0 radical (unpaired) electrons. The number of benzene rings is 2. The fourth-order valence-corrected chi connectivity index (χ4v) is 2.54. The van der Waals surface area contributed by atoms with Crippen molar-refractivity contribution in [1.82, 2.24) is 0 Å². The van der Waals surface area contributed by atoms with Gasteiger partial charge in [-0.25, -0.2) is 0 Å². The lowest BCUT2D eigenvalue weighted by atomic mass is 9.95. The van der Waals surface area contributed by atoms with Crippen molar-refractivity contribution in [2.75, 3.05) is 27.8 Å². The van der Waals surface area contributed by atoms with Gasteiger partial charge in [-0.05, 0) is 42.8 Å². The Bertz CT molecular complexity index is 903. The first-order chi connectivity index (χ1) is 14.2. The highest BCUT2D eigenvalue weighted by Gasteiger charge is 2.21. The normalized spacial score (nSPS) is 10.8. The minimum atomic E-state index is -0.492. The fraction of sp³-hybridized carbons (Fsp3) is 0.348. The zero-order valence-corrected chi connectivity index (χ0v) is 18.0. The highest BCUT2D eigenvalue weighted by molar-refractivity contribution is 5.96. The Labute approximate surface area is 177 Å². The van der Waals surface area contributed by atoms with E-state index in [9.17, 15) is 14.4 Å². The lowest BCUT2D eigenvalue weighted by Crippen LogP contribution is -2.27. The topological polar surface area (TPSA) is 99.3 Å². The van der Waals surface area contributed by atoms with Crippen LogP contribution in [-0.2, 0) is 14.4 Å². The molecule has 30 heavy (non-hydrogen) atoms. The molecule has 2 aromatic carbocycles. The van der Waals surface area contributed by atoms with Gasteiger partial charge in [0.1, 0.15) is 0 Å². The van der Waals surface area contributed by atoms with Crippen molar-refractivity contribution < 1.29 is 14.4 Å². The molecule has 0 aliphatic rings. The molecule has 0 aliphatic carbocycles. The summed E-state index contributed by atoms with van der Waals surface area (Å²) in [5.41, 5.74) is 2.13. The number of anilines is 4. The van der Waals surface area contributed by atoms with Crippen LogP contribution in [0.1, 0.15) is 40.5 Å². The first-order valence-electron chi connectivity index (χ1n) is 10.0. The van der Waals surface area contributed by atoms with Gasteiger partial charge in [-0.2, -0.15) is 0 Å². The second kappa shape index (κ2) is 10.4. The molecule has 0 fully saturated rings. The highest BCUT2D eigenvalue weighted by Crippen LogP contribution is 2.20. The maximum atomic E-state index is 12.3. The van der Waals surface area contributed by atoms with Crippen molar-refractivity contribution in [3.05, 3.63) is 48.5 Å². The van der Waals surface area contributed by atoms with E-state index in [0.29, 0.717) is 23.5 Å². The number of amides is 3. The fourth-order valence-electron chi connectivity index (χ4n) is 2.54. The number of rotatable bonds is 8. The smallest absolute Gasteiger partial charge is 0.243 e. The molecule has 2 rings (SSSR count). The van der Waals surface area contributed by atoms with Gasteiger partial charge in [0.15, 0.2) is 0 Å². The summed E-state index contributed by atoms with van der Waals surface area (Å²) in [5, 5.41) is 11.5. The summed E-state index contributed by atoms with van der Waals surface area (Å²) >= 11 is 0. The van der Waals surface area contributed by atoms with E-state index < -0.39 is 5.41 Å². The third-order valence-electron chi connectivity index (χ3n) is 4.16. The summed E-state index contributed by atoms with van der Waals surface area (Å²) in [4.78, 5) is 36.1. The molecular formula is C23H30N4O3. The van der Waals surface area contributed by atoms with E-state index >= 15 is 0 Å². The summed E-state index contributed by atoms with van der Waals surface area (Å²) < 4.78 is 0. The predicted octanol–water partition coefficient (Wildman–Crippen LogP) is 4.46. The largest absolute Gasteiger partial charge is 0.376 e. The molecule has 0 aromatic heterocycles. The van der Waals surface area contributed by atoms with Gasteiger partial charge in [0, 0.05) is 34.6 Å². The van der Waals surface area contributed by atoms with Gasteiger partial charge in [-0.1, -0.05) is 39.8 Å². The molecule has 0 atom stereocenters. The summed E-state index contributed by atoms with van der Waals surface area (Å²) in [6.07, 6.45) is 1.23. The van der Waals surface area contributed by atoms with Crippen LogP contribution in [0.3, 0.4) is 0 Å². The van der Waals surface area contributed by atoms with Gasteiger partial charge in [-0.15, -0.1) is 0 Å². The van der Waals surface area contributed by atoms with Crippen LogP contribution in [0.5, 0.6) is 0 Å².